The minimum atomic E-state index is 0.399. The molecule has 84 valence electrons. The van der Waals surface area contributed by atoms with Gasteiger partial charge in [-0.3, -0.25) is 0 Å². The van der Waals surface area contributed by atoms with Gasteiger partial charge in [-0.05, 0) is 36.3 Å². The standard InChI is InChI=1S/C13H27N/c1-11(2,3)13(12(4,5)6)8-9-14(7)10-13/h8-10H2,1-7H3. The summed E-state index contributed by atoms with van der Waals surface area (Å²) in [4.78, 5) is 2.48. The Labute approximate surface area is 89.9 Å². The molecule has 0 N–H and O–H groups in total. The molecule has 1 nitrogen and oxygen atoms in total. The van der Waals surface area contributed by atoms with Gasteiger partial charge in [0.1, 0.15) is 0 Å². The highest BCUT2D eigenvalue weighted by Gasteiger charge is 2.53. The number of likely N-dealkylation sites (tertiary alicyclic amines) is 1. The molecule has 1 heteroatoms. The van der Waals surface area contributed by atoms with Crippen LogP contribution in [0.3, 0.4) is 0 Å². The van der Waals surface area contributed by atoms with Crippen LogP contribution in [0.25, 0.3) is 0 Å². The molecule has 0 spiro atoms. The van der Waals surface area contributed by atoms with E-state index >= 15 is 0 Å². The van der Waals surface area contributed by atoms with E-state index in [1.54, 1.807) is 0 Å². The van der Waals surface area contributed by atoms with Gasteiger partial charge in [-0.15, -0.1) is 0 Å². The molecule has 1 fully saturated rings. The summed E-state index contributed by atoms with van der Waals surface area (Å²) in [6, 6.07) is 0. The van der Waals surface area contributed by atoms with Gasteiger partial charge < -0.3 is 4.90 Å². The molecule has 14 heavy (non-hydrogen) atoms. The van der Waals surface area contributed by atoms with Crippen molar-refractivity contribution in [3.8, 4) is 0 Å². The zero-order valence-electron chi connectivity index (χ0n) is 11.1. The molecule has 0 radical (unpaired) electrons. The Bertz CT molecular complexity index is 190. The molecule has 1 rings (SSSR count). The van der Waals surface area contributed by atoms with Crippen molar-refractivity contribution in [3.05, 3.63) is 0 Å². The highest BCUT2D eigenvalue weighted by molar-refractivity contribution is 5.03. The average Bonchev–Trinajstić information content (AvgIpc) is 2.28. The highest BCUT2D eigenvalue weighted by Crippen LogP contribution is 2.56. The molecule has 0 atom stereocenters. The lowest BCUT2D eigenvalue weighted by Gasteiger charge is -2.51. The average molecular weight is 197 g/mol. The minimum absolute atomic E-state index is 0.399. The smallest absolute Gasteiger partial charge is 0.00454 e. The van der Waals surface area contributed by atoms with E-state index in [1.165, 1.54) is 19.5 Å². The number of hydrogen-bond donors (Lipinski definition) is 0. The van der Waals surface area contributed by atoms with Gasteiger partial charge in [-0.2, -0.15) is 0 Å². The van der Waals surface area contributed by atoms with Crippen LogP contribution < -0.4 is 0 Å². The summed E-state index contributed by atoms with van der Waals surface area (Å²) in [5, 5.41) is 0. The van der Waals surface area contributed by atoms with E-state index < -0.39 is 0 Å². The fourth-order valence-electron chi connectivity index (χ4n) is 3.35. The number of hydrogen-bond acceptors (Lipinski definition) is 1. The zero-order valence-corrected chi connectivity index (χ0v) is 11.1. The summed E-state index contributed by atoms with van der Waals surface area (Å²) in [6.07, 6.45) is 1.34. The Morgan fingerprint density at radius 2 is 1.36 bits per heavy atom. The molecule has 0 unspecified atom stereocenters. The normalized spacial score (nSPS) is 24.2. The topological polar surface area (TPSA) is 3.24 Å². The molecule has 1 heterocycles. The van der Waals surface area contributed by atoms with Crippen LogP contribution in [0.5, 0.6) is 0 Å². The van der Waals surface area contributed by atoms with E-state index in [-0.39, 0.29) is 0 Å². The fraction of sp³-hybridized carbons (Fsp3) is 1.00. The van der Waals surface area contributed by atoms with Gasteiger partial charge in [0.15, 0.2) is 0 Å². The van der Waals surface area contributed by atoms with Gasteiger partial charge in [0.2, 0.25) is 0 Å². The second kappa shape index (κ2) is 3.23. The van der Waals surface area contributed by atoms with Crippen molar-refractivity contribution >= 4 is 0 Å². The largest absolute Gasteiger partial charge is 0.306 e. The molecule has 0 aromatic rings. The first-order chi connectivity index (χ1) is 6.10. The lowest BCUT2D eigenvalue weighted by molar-refractivity contribution is -0.0199. The van der Waals surface area contributed by atoms with Crippen LogP contribution in [-0.4, -0.2) is 25.0 Å². The predicted octanol–water partition coefficient (Wildman–Crippen LogP) is 3.40. The van der Waals surface area contributed by atoms with Crippen LogP contribution in [0.4, 0.5) is 0 Å². The van der Waals surface area contributed by atoms with Crippen molar-refractivity contribution in [3.63, 3.8) is 0 Å². The van der Waals surface area contributed by atoms with E-state index in [0.717, 1.165) is 0 Å². The summed E-state index contributed by atoms with van der Waals surface area (Å²) in [7, 11) is 2.25. The van der Waals surface area contributed by atoms with Crippen molar-refractivity contribution in [2.45, 2.75) is 48.0 Å². The maximum atomic E-state index is 2.48. The van der Waals surface area contributed by atoms with Crippen LogP contribution >= 0.6 is 0 Å². The van der Waals surface area contributed by atoms with Crippen molar-refractivity contribution in [1.82, 2.24) is 4.90 Å². The maximum absolute atomic E-state index is 2.48. The van der Waals surface area contributed by atoms with Gasteiger partial charge >= 0.3 is 0 Å². The molecular formula is C13H27N. The SMILES string of the molecule is CN1CCC(C(C)(C)C)(C(C)(C)C)C1. The Balaban J connectivity index is 3.05. The number of nitrogens with zero attached hydrogens (tertiary/aromatic N) is 1. The Kier molecular flexibility index (Phi) is 2.78. The summed E-state index contributed by atoms with van der Waals surface area (Å²) >= 11 is 0. The first-order valence-corrected chi connectivity index (χ1v) is 5.79. The molecule has 1 aliphatic heterocycles. The second-order valence-corrected chi connectivity index (χ2v) is 7.07. The molecule has 0 aromatic heterocycles. The zero-order chi connectivity index (χ0) is 11.2. The van der Waals surface area contributed by atoms with E-state index in [1.807, 2.05) is 0 Å². The first-order valence-electron chi connectivity index (χ1n) is 5.79. The summed E-state index contributed by atoms with van der Waals surface area (Å²) < 4.78 is 0. The molecule has 0 bridgehead atoms. The summed E-state index contributed by atoms with van der Waals surface area (Å²) in [6.45, 7) is 16.9. The highest BCUT2D eigenvalue weighted by atomic mass is 15.1. The van der Waals surface area contributed by atoms with Crippen LogP contribution in [0, 0.1) is 16.2 Å². The van der Waals surface area contributed by atoms with Gasteiger partial charge in [0.05, 0.1) is 0 Å². The maximum Gasteiger partial charge on any atom is 0.00454 e. The quantitative estimate of drug-likeness (QED) is 0.575. The van der Waals surface area contributed by atoms with Gasteiger partial charge in [0.25, 0.3) is 0 Å². The molecular weight excluding hydrogens is 170 g/mol. The molecule has 0 aliphatic carbocycles. The van der Waals surface area contributed by atoms with Gasteiger partial charge in [-0.1, -0.05) is 41.5 Å². The Hall–Kier alpha value is -0.0400. The molecule has 0 saturated carbocycles. The third-order valence-electron chi connectivity index (χ3n) is 4.33. The van der Waals surface area contributed by atoms with Crippen LogP contribution in [0.1, 0.15) is 48.0 Å². The fourth-order valence-corrected chi connectivity index (χ4v) is 3.35. The molecule has 1 saturated heterocycles. The minimum Gasteiger partial charge on any atom is -0.306 e. The Morgan fingerprint density at radius 1 is 0.929 bits per heavy atom. The summed E-state index contributed by atoms with van der Waals surface area (Å²) in [5.74, 6) is 0. The molecule has 0 aromatic carbocycles. The van der Waals surface area contributed by atoms with Gasteiger partial charge in [0, 0.05) is 6.54 Å². The van der Waals surface area contributed by atoms with E-state index in [2.05, 4.69) is 53.5 Å². The Morgan fingerprint density at radius 3 is 1.50 bits per heavy atom. The van der Waals surface area contributed by atoms with Crippen LogP contribution in [0.15, 0.2) is 0 Å². The lowest BCUT2D eigenvalue weighted by Crippen LogP contribution is -2.47. The van der Waals surface area contributed by atoms with Crippen LogP contribution in [0.2, 0.25) is 0 Å². The monoisotopic (exact) mass is 197 g/mol. The van der Waals surface area contributed by atoms with E-state index in [4.69, 9.17) is 0 Å². The van der Waals surface area contributed by atoms with Gasteiger partial charge in [-0.25, -0.2) is 0 Å². The molecule has 1 aliphatic rings. The van der Waals surface area contributed by atoms with Crippen molar-refractivity contribution in [2.75, 3.05) is 20.1 Å². The second-order valence-electron chi connectivity index (χ2n) is 7.07. The third-order valence-corrected chi connectivity index (χ3v) is 4.33. The summed E-state index contributed by atoms with van der Waals surface area (Å²) in [5.41, 5.74) is 1.26. The number of rotatable bonds is 0. The van der Waals surface area contributed by atoms with Crippen molar-refractivity contribution < 1.29 is 0 Å². The van der Waals surface area contributed by atoms with Crippen LogP contribution in [-0.2, 0) is 0 Å². The predicted molar refractivity (Wildman–Crippen MR) is 63.5 cm³/mol. The lowest BCUT2D eigenvalue weighted by atomic mass is 9.53. The van der Waals surface area contributed by atoms with E-state index in [0.29, 0.717) is 16.2 Å². The van der Waals surface area contributed by atoms with E-state index in [9.17, 15) is 0 Å². The molecule has 0 amide bonds. The first kappa shape index (κ1) is 12.0. The third kappa shape index (κ3) is 1.71. The van der Waals surface area contributed by atoms with Crippen molar-refractivity contribution in [1.29, 1.82) is 0 Å². The van der Waals surface area contributed by atoms with Crippen molar-refractivity contribution in [2.24, 2.45) is 16.2 Å².